The molecule has 1 aliphatic carbocycles. The van der Waals surface area contributed by atoms with Crippen molar-refractivity contribution in [2.45, 2.75) is 32.2 Å². The summed E-state index contributed by atoms with van der Waals surface area (Å²) in [4.78, 5) is 4.40. The molecule has 24 heavy (non-hydrogen) atoms. The number of aromatic amines is 1. The van der Waals surface area contributed by atoms with Gasteiger partial charge in [-0.05, 0) is 50.1 Å². The SMILES string of the molecule is CCn1nc(C2CC2)c2ccc(Nc3n[nH]c4cccnc34)cc21. The molecule has 0 atom stereocenters. The predicted octanol–water partition coefficient (Wildman–Crippen LogP) is 3.95. The number of aromatic nitrogens is 5. The van der Waals surface area contributed by atoms with Crippen molar-refractivity contribution in [1.29, 1.82) is 0 Å². The number of aryl methyl sites for hydroxylation is 1. The molecule has 1 fully saturated rings. The van der Waals surface area contributed by atoms with E-state index in [9.17, 15) is 0 Å². The van der Waals surface area contributed by atoms with Gasteiger partial charge in [0.05, 0.1) is 16.7 Å². The van der Waals surface area contributed by atoms with Crippen LogP contribution in [0, 0.1) is 0 Å². The molecule has 6 nitrogen and oxygen atoms in total. The van der Waals surface area contributed by atoms with Crippen molar-refractivity contribution in [2.75, 3.05) is 5.32 Å². The number of nitrogens with zero attached hydrogens (tertiary/aromatic N) is 4. The maximum absolute atomic E-state index is 4.81. The Balaban J connectivity index is 1.57. The van der Waals surface area contributed by atoms with Crippen molar-refractivity contribution in [3.63, 3.8) is 0 Å². The molecule has 0 spiro atoms. The van der Waals surface area contributed by atoms with E-state index in [2.05, 4.69) is 50.3 Å². The molecule has 6 heteroatoms. The summed E-state index contributed by atoms with van der Waals surface area (Å²) < 4.78 is 2.09. The van der Waals surface area contributed by atoms with Gasteiger partial charge in [0, 0.05) is 29.7 Å². The zero-order chi connectivity index (χ0) is 16.1. The first kappa shape index (κ1) is 13.5. The van der Waals surface area contributed by atoms with Crippen LogP contribution in [0.4, 0.5) is 11.5 Å². The first-order valence-electron chi connectivity index (χ1n) is 8.40. The second-order valence-corrected chi connectivity index (χ2v) is 6.30. The number of pyridine rings is 1. The number of benzene rings is 1. The zero-order valence-electron chi connectivity index (χ0n) is 13.5. The molecule has 0 radical (unpaired) electrons. The van der Waals surface area contributed by atoms with Crippen molar-refractivity contribution in [3.8, 4) is 0 Å². The predicted molar refractivity (Wildman–Crippen MR) is 94.6 cm³/mol. The van der Waals surface area contributed by atoms with Gasteiger partial charge in [0.1, 0.15) is 5.52 Å². The fraction of sp³-hybridized carbons (Fsp3) is 0.278. The monoisotopic (exact) mass is 318 g/mol. The number of fused-ring (bicyclic) bond motifs is 2. The number of hydrogen-bond donors (Lipinski definition) is 2. The number of hydrogen-bond acceptors (Lipinski definition) is 4. The highest BCUT2D eigenvalue weighted by Crippen LogP contribution is 2.42. The summed E-state index contributed by atoms with van der Waals surface area (Å²) in [5.74, 6) is 1.40. The fourth-order valence-electron chi connectivity index (χ4n) is 3.25. The number of anilines is 2. The summed E-state index contributed by atoms with van der Waals surface area (Å²) in [6.45, 7) is 3.01. The minimum absolute atomic E-state index is 0.651. The number of rotatable bonds is 4. The lowest BCUT2D eigenvalue weighted by Crippen LogP contribution is -1.97. The second-order valence-electron chi connectivity index (χ2n) is 6.30. The highest BCUT2D eigenvalue weighted by Gasteiger charge is 2.28. The topological polar surface area (TPSA) is 71.4 Å². The smallest absolute Gasteiger partial charge is 0.178 e. The van der Waals surface area contributed by atoms with Crippen LogP contribution in [0.25, 0.3) is 21.9 Å². The first-order chi connectivity index (χ1) is 11.8. The third-order valence-corrected chi connectivity index (χ3v) is 4.63. The Morgan fingerprint density at radius 1 is 1.29 bits per heavy atom. The summed E-state index contributed by atoms with van der Waals surface area (Å²) in [6.07, 6.45) is 4.31. The van der Waals surface area contributed by atoms with E-state index in [4.69, 9.17) is 5.10 Å². The molecular formula is C18H18N6. The molecule has 3 heterocycles. The Morgan fingerprint density at radius 2 is 2.21 bits per heavy atom. The minimum atomic E-state index is 0.651. The van der Waals surface area contributed by atoms with Crippen LogP contribution in [0.2, 0.25) is 0 Å². The summed E-state index contributed by atoms with van der Waals surface area (Å²) in [7, 11) is 0. The maximum Gasteiger partial charge on any atom is 0.178 e. The van der Waals surface area contributed by atoms with E-state index in [0.717, 1.165) is 29.1 Å². The van der Waals surface area contributed by atoms with Crippen LogP contribution in [0.3, 0.4) is 0 Å². The largest absolute Gasteiger partial charge is 0.337 e. The average Bonchev–Trinajstić information content (AvgIpc) is 3.29. The molecule has 2 N–H and O–H groups in total. The summed E-state index contributed by atoms with van der Waals surface area (Å²) >= 11 is 0. The Morgan fingerprint density at radius 3 is 3.04 bits per heavy atom. The van der Waals surface area contributed by atoms with E-state index < -0.39 is 0 Å². The molecule has 0 bridgehead atoms. The van der Waals surface area contributed by atoms with Crippen molar-refractivity contribution in [3.05, 3.63) is 42.2 Å². The molecule has 0 amide bonds. The molecule has 1 aliphatic rings. The molecule has 0 saturated heterocycles. The highest BCUT2D eigenvalue weighted by atomic mass is 15.3. The number of nitrogens with one attached hydrogen (secondary N) is 2. The normalized spacial score (nSPS) is 14.5. The lowest BCUT2D eigenvalue weighted by molar-refractivity contribution is 0.669. The molecule has 1 aromatic carbocycles. The van der Waals surface area contributed by atoms with Gasteiger partial charge in [-0.1, -0.05) is 0 Å². The molecule has 120 valence electrons. The lowest BCUT2D eigenvalue weighted by Gasteiger charge is -2.05. The van der Waals surface area contributed by atoms with Gasteiger partial charge in [0.2, 0.25) is 0 Å². The van der Waals surface area contributed by atoms with E-state index in [1.54, 1.807) is 6.20 Å². The zero-order valence-corrected chi connectivity index (χ0v) is 13.5. The molecule has 0 aliphatic heterocycles. The van der Waals surface area contributed by atoms with Crippen LogP contribution < -0.4 is 5.32 Å². The Hall–Kier alpha value is -2.89. The van der Waals surface area contributed by atoms with E-state index in [1.165, 1.54) is 29.4 Å². The standard InChI is InChI=1S/C18H18N6/c1-2-24-15-10-12(7-8-13(15)16(23-24)11-5-6-11)20-18-17-14(21-22-18)4-3-9-19-17/h3-4,7-11H,2,5-6H2,1H3,(H2,20,21,22). The van der Waals surface area contributed by atoms with Crippen LogP contribution in [0.15, 0.2) is 36.5 Å². The fourth-order valence-corrected chi connectivity index (χ4v) is 3.25. The quantitative estimate of drug-likeness (QED) is 0.597. The highest BCUT2D eigenvalue weighted by molar-refractivity contribution is 5.90. The Labute approximate surface area is 138 Å². The van der Waals surface area contributed by atoms with Crippen molar-refractivity contribution in [2.24, 2.45) is 0 Å². The van der Waals surface area contributed by atoms with Crippen LogP contribution in [0.1, 0.15) is 31.4 Å². The van der Waals surface area contributed by atoms with Crippen LogP contribution >= 0.6 is 0 Å². The molecule has 4 aromatic rings. The van der Waals surface area contributed by atoms with Gasteiger partial charge in [-0.25, -0.2) is 0 Å². The average molecular weight is 318 g/mol. The van der Waals surface area contributed by atoms with E-state index in [0.29, 0.717) is 5.92 Å². The van der Waals surface area contributed by atoms with Crippen molar-refractivity contribution < 1.29 is 0 Å². The molecule has 1 saturated carbocycles. The van der Waals surface area contributed by atoms with Crippen LogP contribution in [0.5, 0.6) is 0 Å². The van der Waals surface area contributed by atoms with Gasteiger partial charge in [-0.3, -0.25) is 14.8 Å². The van der Waals surface area contributed by atoms with Gasteiger partial charge in [-0.2, -0.15) is 10.2 Å². The Kier molecular flexibility index (Phi) is 2.85. The molecule has 5 rings (SSSR count). The first-order valence-corrected chi connectivity index (χ1v) is 8.40. The van der Waals surface area contributed by atoms with Gasteiger partial charge >= 0.3 is 0 Å². The van der Waals surface area contributed by atoms with Crippen molar-refractivity contribution >= 4 is 33.4 Å². The molecular weight excluding hydrogens is 300 g/mol. The van der Waals surface area contributed by atoms with Crippen LogP contribution in [-0.2, 0) is 6.54 Å². The minimum Gasteiger partial charge on any atom is -0.337 e. The number of H-pyrrole nitrogens is 1. The van der Waals surface area contributed by atoms with Crippen LogP contribution in [-0.4, -0.2) is 25.0 Å². The lowest BCUT2D eigenvalue weighted by atomic mass is 10.1. The van der Waals surface area contributed by atoms with Gasteiger partial charge < -0.3 is 5.32 Å². The second kappa shape index (κ2) is 5.06. The van der Waals surface area contributed by atoms with E-state index in [1.807, 2.05) is 12.1 Å². The molecule has 3 aromatic heterocycles. The summed E-state index contributed by atoms with van der Waals surface area (Å²) in [5.41, 5.74) is 5.21. The maximum atomic E-state index is 4.81. The summed E-state index contributed by atoms with van der Waals surface area (Å²) in [6, 6.07) is 10.3. The Bertz CT molecular complexity index is 1040. The van der Waals surface area contributed by atoms with Gasteiger partial charge in [0.15, 0.2) is 5.82 Å². The summed E-state index contributed by atoms with van der Waals surface area (Å²) in [5, 5.41) is 16.8. The van der Waals surface area contributed by atoms with Gasteiger partial charge in [-0.15, -0.1) is 0 Å². The molecule has 0 unspecified atom stereocenters. The third-order valence-electron chi connectivity index (χ3n) is 4.63. The third kappa shape index (κ3) is 2.06. The van der Waals surface area contributed by atoms with E-state index >= 15 is 0 Å². The van der Waals surface area contributed by atoms with E-state index in [-0.39, 0.29) is 0 Å². The van der Waals surface area contributed by atoms with Crippen molar-refractivity contribution in [1.82, 2.24) is 25.0 Å². The van der Waals surface area contributed by atoms with Gasteiger partial charge in [0.25, 0.3) is 0 Å².